The van der Waals surface area contributed by atoms with E-state index >= 15 is 0 Å². The van der Waals surface area contributed by atoms with Crippen molar-refractivity contribution in [1.82, 2.24) is 9.55 Å². The zero-order valence-corrected chi connectivity index (χ0v) is 15.2. The molecule has 2 aromatic carbocycles. The van der Waals surface area contributed by atoms with Crippen LogP contribution in [0, 0.1) is 15.9 Å². The standard InChI is InChI=1S/C21H16FN5O2/c22-17-7-5-15(6-8-17)13-26-14-16(19-3-1-2-4-20(19)26)11-24-25-21-10-9-18(12-23-21)27(28)29/h1-12,14H,13H2,(H,23,25). The predicted molar refractivity (Wildman–Crippen MR) is 110 cm³/mol. The van der Waals surface area contributed by atoms with Crippen LogP contribution in [0.5, 0.6) is 0 Å². The normalized spacial score (nSPS) is 11.2. The summed E-state index contributed by atoms with van der Waals surface area (Å²) in [5.74, 6) is 0.145. The van der Waals surface area contributed by atoms with Crippen molar-refractivity contribution in [1.29, 1.82) is 0 Å². The number of nitrogens with zero attached hydrogens (tertiary/aromatic N) is 4. The first-order chi connectivity index (χ1) is 14.1. The summed E-state index contributed by atoms with van der Waals surface area (Å²) >= 11 is 0. The lowest BCUT2D eigenvalue weighted by atomic mass is 10.2. The van der Waals surface area contributed by atoms with Crippen molar-refractivity contribution in [3.8, 4) is 0 Å². The van der Waals surface area contributed by atoms with Crippen LogP contribution < -0.4 is 5.43 Å². The third kappa shape index (κ3) is 4.11. The molecule has 2 aromatic heterocycles. The second-order valence-electron chi connectivity index (χ2n) is 6.38. The number of hydrazone groups is 1. The first kappa shape index (κ1) is 18.3. The fourth-order valence-electron chi connectivity index (χ4n) is 3.02. The lowest BCUT2D eigenvalue weighted by molar-refractivity contribution is -0.385. The van der Waals surface area contributed by atoms with Crippen LogP contribution in [-0.2, 0) is 6.54 Å². The molecule has 0 radical (unpaired) electrons. The van der Waals surface area contributed by atoms with Gasteiger partial charge in [-0.1, -0.05) is 30.3 Å². The van der Waals surface area contributed by atoms with Crippen LogP contribution in [0.15, 0.2) is 78.2 Å². The molecule has 1 N–H and O–H groups in total. The average Bonchev–Trinajstić information content (AvgIpc) is 3.08. The SMILES string of the molecule is O=[N+]([O-])c1ccc(NN=Cc2cn(Cc3ccc(F)cc3)c3ccccc23)nc1. The molecule has 2 heterocycles. The molecule has 0 fully saturated rings. The van der Waals surface area contributed by atoms with Crippen molar-refractivity contribution in [3.05, 3.63) is 100 Å². The molecule has 29 heavy (non-hydrogen) atoms. The molecule has 144 valence electrons. The first-order valence-electron chi connectivity index (χ1n) is 8.82. The largest absolute Gasteiger partial charge is 0.342 e. The zero-order chi connectivity index (χ0) is 20.2. The summed E-state index contributed by atoms with van der Waals surface area (Å²) in [6.45, 7) is 0.603. The van der Waals surface area contributed by atoms with Gasteiger partial charge in [0.2, 0.25) is 0 Å². The van der Waals surface area contributed by atoms with Gasteiger partial charge in [0, 0.05) is 35.3 Å². The maximum Gasteiger partial charge on any atom is 0.287 e. The van der Waals surface area contributed by atoms with E-state index < -0.39 is 4.92 Å². The number of halogens is 1. The Hall–Kier alpha value is -4.07. The van der Waals surface area contributed by atoms with E-state index in [1.165, 1.54) is 30.5 Å². The van der Waals surface area contributed by atoms with Gasteiger partial charge in [-0.15, -0.1) is 0 Å². The van der Waals surface area contributed by atoms with E-state index in [0.29, 0.717) is 12.4 Å². The van der Waals surface area contributed by atoms with E-state index in [1.54, 1.807) is 18.3 Å². The molecule has 8 heteroatoms. The van der Waals surface area contributed by atoms with Gasteiger partial charge in [-0.3, -0.25) is 15.5 Å². The van der Waals surface area contributed by atoms with E-state index in [0.717, 1.165) is 22.0 Å². The van der Waals surface area contributed by atoms with Crippen molar-refractivity contribution in [3.63, 3.8) is 0 Å². The number of rotatable bonds is 6. The Morgan fingerprint density at radius 1 is 1.14 bits per heavy atom. The fourth-order valence-corrected chi connectivity index (χ4v) is 3.02. The van der Waals surface area contributed by atoms with Gasteiger partial charge in [0.1, 0.15) is 17.8 Å². The van der Waals surface area contributed by atoms with Crippen LogP contribution in [0.25, 0.3) is 10.9 Å². The number of nitrogens with one attached hydrogen (secondary N) is 1. The highest BCUT2D eigenvalue weighted by Gasteiger charge is 2.08. The summed E-state index contributed by atoms with van der Waals surface area (Å²) < 4.78 is 15.2. The van der Waals surface area contributed by atoms with Crippen molar-refractivity contribution in [2.45, 2.75) is 6.54 Å². The summed E-state index contributed by atoms with van der Waals surface area (Å²) in [6, 6.07) is 17.2. The minimum atomic E-state index is -0.504. The van der Waals surface area contributed by atoms with Crippen LogP contribution in [0.1, 0.15) is 11.1 Å². The van der Waals surface area contributed by atoms with Crippen LogP contribution in [0.4, 0.5) is 15.9 Å². The molecule has 4 rings (SSSR count). The third-order valence-electron chi connectivity index (χ3n) is 4.43. The van der Waals surface area contributed by atoms with E-state index in [-0.39, 0.29) is 11.5 Å². The highest BCUT2D eigenvalue weighted by Crippen LogP contribution is 2.21. The Kier molecular flexibility index (Phi) is 4.98. The molecule has 7 nitrogen and oxygen atoms in total. The topological polar surface area (TPSA) is 85.4 Å². The number of fused-ring (bicyclic) bond motifs is 1. The zero-order valence-electron chi connectivity index (χ0n) is 15.2. The summed E-state index contributed by atoms with van der Waals surface area (Å²) in [6.07, 6.45) is 4.82. The minimum absolute atomic E-state index is 0.0802. The number of anilines is 1. The number of nitro groups is 1. The van der Waals surface area contributed by atoms with Crippen molar-refractivity contribution in [2.75, 3.05) is 5.43 Å². The molecular weight excluding hydrogens is 373 g/mol. The quantitative estimate of drug-likeness (QED) is 0.297. The highest BCUT2D eigenvalue weighted by atomic mass is 19.1. The van der Waals surface area contributed by atoms with Gasteiger partial charge in [-0.25, -0.2) is 9.37 Å². The van der Waals surface area contributed by atoms with Gasteiger partial charge in [0.15, 0.2) is 0 Å². The van der Waals surface area contributed by atoms with Crippen molar-refractivity contribution < 1.29 is 9.31 Å². The highest BCUT2D eigenvalue weighted by molar-refractivity contribution is 5.99. The molecule has 0 bridgehead atoms. The minimum Gasteiger partial charge on any atom is -0.342 e. The second-order valence-corrected chi connectivity index (χ2v) is 6.38. The predicted octanol–water partition coefficient (Wildman–Crippen LogP) is 4.58. The number of hydrogen-bond donors (Lipinski definition) is 1. The third-order valence-corrected chi connectivity index (χ3v) is 4.43. The van der Waals surface area contributed by atoms with Gasteiger partial charge in [0.25, 0.3) is 5.69 Å². The van der Waals surface area contributed by atoms with Crippen LogP contribution in [-0.4, -0.2) is 20.7 Å². The van der Waals surface area contributed by atoms with Crippen molar-refractivity contribution >= 4 is 28.6 Å². The molecule has 0 aliphatic rings. The maximum atomic E-state index is 13.2. The van der Waals surface area contributed by atoms with E-state index in [2.05, 4.69) is 20.1 Å². The molecule has 4 aromatic rings. The van der Waals surface area contributed by atoms with E-state index in [1.807, 2.05) is 30.5 Å². The van der Waals surface area contributed by atoms with Gasteiger partial charge in [-0.05, 0) is 29.8 Å². The molecule has 0 aliphatic heterocycles. The summed E-state index contributed by atoms with van der Waals surface area (Å²) in [4.78, 5) is 14.1. The van der Waals surface area contributed by atoms with E-state index in [4.69, 9.17) is 0 Å². The summed E-state index contributed by atoms with van der Waals surface area (Å²) in [5.41, 5.74) is 5.62. The maximum absolute atomic E-state index is 13.2. The van der Waals surface area contributed by atoms with Crippen LogP contribution in [0.2, 0.25) is 0 Å². The number of benzene rings is 2. The smallest absolute Gasteiger partial charge is 0.287 e. The average molecular weight is 389 g/mol. The molecule has 0 saturated heterocycles. The number of hydrogen-bond acceptors (Lipinski definition) is 5. The van der Waals surface area contributed by atoms with Gasteiger partial charge in [-0.2, -0.15) is 5.10 Å². The Morgan fingerprint density at radius 3 is 2.66 bits per heavy atom. The first-order valence-corrected chi connectivity index (χ1v) is 8.82. The molecular formula is C21H16FN5O2. The summed E-state index contributed by atoms with van der Waals surface area (Å²) in [7, 11) is 0. The van der Waals surface area contributed by atoms with Crippen LogP contribution >= 0.6 is 0 Å². The molecule has 0 unspecified atom stereocenters. The lowest BCUT2D eigenvalue weighted by Gasteiger charge is -2.05. The van der Waals surface area contributed by atoms with E-state index in [9.17, 15) is 14.5 Å². The molecule has 0 spiro atoms. The van der Waals surface area contributed by atoms with Gasteiger partial charge >= 0.3 is 0 Å². The second kappa shape index (κ2) is 7.89. The van der Waals surface area contributed by atoms with Crippen molar-refractivity contribution in [2.24, 2.45) is 5.10 Å². The molecule has 0 saturated carbocycles. The summed E-state index contributed by atoms with van der Waals surface area (Å²) in [5, 5.41) is 15.9. The Morgan fingerprint density at radius 2 is 1.93 bits per heavy atom. The number of para-hydroxylation sites is 1. The van der Waals surface area contributed by atoms with Gasteiger partial charge < -0.3 is 4.57 Å². The fraction of sp³-hybridized carbons (Fsp3) is 0.0476. The monoisotopic (exact) mass is 389 g/mol. The molecule has 0 aliphatic carbocycles. The van der Waals surface area contributed by atoms with Gasteiger partial charge in [0.05, 0.1) is 11.1 Å². The molecule has 0 atom stereocenters. The Bertz CT molecular complexity index is 1180. The molecule has 0 amide bonds. The number of pyridine rings is 1. The number of aromatic nitrogens is 2. The van der Waals surface area contributed by atoms with Crippen LogP contribution in [0.3, 0.4) is 0 Å². The Labute approximate surface area is 165 Å². The Balaban J connectivity index is 1.56. The lowest BCUT2D eigenvalue weighted by Crippen LogP contribution is -1.98.